The molecule has 4 aromatic carbocycles. The number of fused-ring (bicyclic) bond motifs is 1. The zero-order chi connectivity index (χ0) is 22.8. The Balaban J connectivity index is 1.32. The lowest BCUT2D eigenvalue weighted by Crippen LogP contribution is -2.36. The summed E-state index contributed by atoms with van der Waals surface area (Å²) in [6.45, 7) is 0.443. The molecule has 0 spiro atoms. The fourth-order valence-corrected chi connectivity index (χ4v) is 4.33. The van der Waals surface area contributed by atoms with Crippen LogP contribution in [-0.4, -0.2) is 10.9 Å². The fourth-order valence-electron chi connectivity index (χ4n) is 3.42. The van der Waals surface area contributed by atoms with Gasteiger partial charge >= 0.3 is 0 Å². The van der Waals surface area contributed by atoms with Crippen LogP contribution in [-0.2, 0) is 6.54 Å². The summed E-state index contributed by atoms with van der Waals surface area (Å²) in [5.74, 6) is -0.231. The number of carbonyl (C=O) groups excluding carboxylic acids is 1. The van der Waals surface area contributed by atoms with Crippen molar-refractivity contribution in [1.82, 2.24) is 4.98 Å². The van der Waals surface area contributed by atoms with Crippen molar-refractivity contribution in [2.24, 2.45) is 0 Å². The molecular formula is C25H18N4O3S. The Bertz CT molecular complexity index is 1520. The maximum absolute atomic E-state index is 12.4. The van der Waals surface area contributed by atoms with E-state index in [1.165, 1.54) is 11.3 Å². The molecule has 0 aliphatic rings. The topological polar surface area (TPSA) is 100 Å². The van der Waals surface area contributed by atoms with Gasteiger partial charge in [0.2, 0.25) is 0 Å². The molecule has 5 rings (SSSR count). The maximum Gasteiger partial charge on any atom is 0.257 e. The summed E-state index contributed by atoms with van der Waals surface area (Å²) in [7, 11) is 0. The molecule has 1 amide bonds. The molecule has 0 aliphatic heterocycles. The first-order chi connectivity index (χ1) is 16.1. The van der Waals surface area contributed by atoms with Crippen LogP contribution in [0.15, 0.2) is 88.5 Å². The average molecular weight is 455 g/mol. The van der Waals surface area contributed by atoms with Crippen LogP contribution in [0, 0.1) is 0 Å². The van der Waals surface area contributed by atoms with Gasteiger partial charge in [-0.1, -0.05) is 59.9 Å². The highest BCUT2D eigenvalue weighted by Gasteiger charge is 2.21. The van der Waals surface area contributed by atoms with Crippen molar-refractivity contribution in [1.29, 1.82) is 0 Å². The van der Waals surface area contributed by atoms with Crippen molar-refractivity contribution in [3.8, 4) is 0 Å². The zero-order valence-corrected chi connectivity index (χ0v) is 18.1. The van der Waals surface area contributed by atoms with Crippen LogP contribution in [0.1, 0.15) is 15.9 Å². The summed E-state index contributed by atoms with van der Waals surface area (Å²) in [6, 6.07) is 24.0. The second kappa shape index (κ2) is 8.68. The highest BCUT2D eigenvalue weighted by Crippen LogP contribution is 2.30. The molecule has 1 heterocycles. The van der Waals surface area contributed by atoms with E-state index in [1.54, 1.807) is 36.4 Å². The van der Waals surface area contributed by atoms with Gasteiger partial charge in [-0.25, -0.2) is 4.98 Å². The number of thiazole rings is 1. The fraction of sp³-hybridized carbons (Fsp3) is 0.0400. The van der Waals surface area contributed by atoms with E-state index >= 15 is 0 Å². The van der Waals surface area contributed by atoms with Gasteiger partial charge in [0.05, 0.1) is 10.2 Å². The second-order valence-electron chi connectivity index (χ2n) is 7.39. The number of amides is 1. The van der Waals surface area contributed by atoms with Crippen molar-refractivity contribution in [3.05, 3.63) is 110 Å². The number of hydrogen-bond acceptors (Lipinski definition) is 7. The summed E-state index contributed by atoms with van der Waals surface area (Å²) in [5, 5.41) is 9.40. The van der Waals surface area contributed by atoms with E-state index in [1.807, 2.05) is 42.5 Å². The Morgan fingerprint density at radius 3 is 2.30 bits per heavy atom. The van der Waals surface area contributed by atoms with Gasteiger partial charge < -0.3 is 10.6 Å². The van der Waals surface area contributed by atoms with Crippen LogP contribution in [0.3, 0.4) is 0 Å². The number of aromatic nitrogens is 1. The Kier molecular flexibility index (Phi) is 5.42. The first-order valence-electron chi connectivity index (χ1n) is 10.2. The zero-order valence-electron chi connectivity index (χ0n) is 17.3. The van der Waals surface area contributed by atoms with Gasteiger partial charge in [-0.3, -0.25) is 19.7 Å². The summed E-state index contributed by atoms with van der Waals surface area (Å²) in [6.07, 6.45) is 0. The van der Waals surface area contributed by atoms with Crippen LogP contribution in [0.4, 0.5) is 22.2 Å². The summed E-state index contributed by atoms with van der Waals surface area (Å²) in [4.78, 5) is 41.0. The van der Waals surface area contributed by atoms with Crippen molar-refractivity contribution >= 4 is 49.7 Å². The highest BCUT2D eigenvalue weighted by molar-refractivity contribution is 7.22. The molecule has 8 heteroatoms. The Labute approximate surface area is 192 Å². The molecular weight excluding hydrogens is 436 g/mol. The number of nitrogens with zero attached hydrogens (tertiary/aromatic N) is 1. The standard InChI is InChI=1S/C25H18N4O3S/c30-22-20(26-14-15-7-3-1-4-8-15)21(23(22)31)27-17-11-12-18-19(13-17)33-25(28-18)29-24(32)16-9-5-2-6-10-16/h1-13,26-27H,14H2,(H,28,29,32). The monoisotopic (exact) mass is 454 g/mol. The minimum absolute atomic E-state index is 0.231. The maximum atomic E-state index is 12.4. The largest absolute Gasteiger partial charge is 0.376 e. The third kappa shape index (κ3) is 4.24. The van der Waals surface area contributed by atoms with Gasteiger partial charge in [-0.05, 0) is 35.9 Å². The number of anilines is 4. The molecule has 0 saturated carbocycles. The van der Waals surface area contributed by atoms with E-state index in [0.29, 0.717) is 22.9 Å². The first kappa shape index (κ1) is 20.6. The van der Waals surface area contributed by atoms with Crippen LogP contribution in [0.2, 0.25) is 0 Å². The van der Waals surface area contributed by atoms with Gasteiger partial charge in [-0.15, -0.1) is 0 Å². The number of nitrogens with one attached hydrogen (secondary N) is 3. The number of hydrogen-bond donors (Lipinski definition) is 3. The van der Waals surface area contributed by atoms with E-state index in [2.05, 4.69) is 20.9 Å². The van der Waals surface area contributed by atoms with Gasteiger partial charge in [0.1, 0.15) is 11.4 Å². The molecule has 0 radical (unpaired) electrons. The predicted octanol–water partition coefficient (Wildman–Crippen LogP) is 4.50. The third-order valence-corrected chi connectivity index (χ3v) is 6.07. The highest BCUT2D eigenvalue weighted by atomic mass is 32.1. The molecule has 0 saturated heterocycles. The van der Waals surface area contributed by atoms with E-state index in [0.717, 1.165) is 15.8 Å². The minimum Gasteiger partial charge on any atom is -0.376 e. The van der Waals surface area contributed by atoms with Gasteiger partial charge in [0.25, 0.3) is 16.8 Å². The summed E-state index contributed by atoms with van der Waals surface area (Å²) >= 11 is 1.33. The van der Waals surface area contributed by atoms with Crippen LogP contribution in [0.5, 0.6) is 0 Å². The van der Waals surface area contributed by atoms with Gasteiger partial charge in [0, 0.05) is 17.8 Å². The van der Waals surface area contributed by atoms with Crippen LogP contribution < -0.4 is 26.8 Å². The Morgan fingerprint density at radius 2 is 1.55 bits per heavy atom. The molecule has 7 nitrogen and oxygen atoms in total. The molecule has 0 aliphatic carbocycles. The third-order valence-electron chi connectivity index (χ3n) is 5.14. The van der Waals surface area contributed by atoms with Crippen molar-refractivity contribution < 1.29 is 4.79 Å². The molecule has 162 valence electrons. The van der Waals surface area contributed by atoms with Crippen LogP contribution in [0.25, 0.3) is 10.2 Å². The quantitative estimate of drug-likeness (QED) is 0.313. The average Bonchev–Trinajstić information content (AvgIpc) is 3.25. The van der Waals surface area contributed by atoms with Crippen LogP contribution >= 0.6 is 11.3 Å². The van der Waals surface area contributed by atoms with E-state index < -0.39 is 10.9 Å². The van der Waals surface area contributed by atoms with Gasteiger partial charge in [0.15, 0.2) is 5.13 Å². The second-order valence-corrected chi connectivity index (χ2v) is 8.42. The number of rotatable bonds is 7. The molecule has 0 atom stereocenters. The number of benzene rings is 3. The molecule has 1 aromatic heterocycles. The lowest BCUT2D eigenvalue weighted by molar-refractivity contribution is 0.102. The molecule has 3 N–H and O–H groups in total. The predicted molar refractivity (Wildman–Crippen MR) is 132 cm³/mol. The Morgan fingerprint density at radius 1 is 0.848 bits per heavy atom. The lowest BCUT2D eigenvalue weighted by atomic mass is 10.1. The summed E-state index contributed by atoms with van der Waals surface area (Å²) < 4.78 is 0.834. The lowest BCUT2D eigenvalue weighted by Gasteiger charge is -2.15. The van der Waals surface area contributed by atoms with E-state index in [9.17, 15) is 14.4 Å². The first-order valence-corrected chi connectivity index (χ1v) is 11.1. The molecule has 33 heavy (non-hydrogen) atoms. The smallest absolute Gasteiger partial charge is 0.257 e. The molecule has 0 fully saturated rings. The van der Waals surface area contributed by atoms with Gasteiger partial charge in [-0.2, -0.15) is 0 Å². The normalized spacial score (nSPS) is 10.9. The van der Waals surface area contributed by atoms with Crippen molar-refractivity contribution in [2.45, 2.75) is 6.54 Å². The van der Waals surface area contributed by atoms with E-state index in [4.69, 9.17) is 0 Å². The molecule has 0 unspecified atom stereocenters. The number of carbonyl (C=O) groups is 1. The SMILES string of the molecule is O=C(Nc1nc2ccc(Nc3c(NCc4ccccc4)c(=O)c3=O)cc2s1)c1ccccc1. The van der Waals surface area contributed by atoms with Crippen molar-refractivity contribution in [2.75, 3.05) is 16.0 Å². The molecule has 0 bridgehead atoms. The Hall–Kier alpha value is -4.30. The molecule has 5 aromatic rings. The summed E-state index contributed by atoms with van der Waals surface area (Å²) in [5.41, 5.74) is 2.39. The van der Waals surface area contributed by atoms with E-state index in [-0.39, 0.29) is 17.3 Å². The minimum atomic E-state index is -0.550. The van der Waals surface area contributed by atoms with Crippen molar-refractivity contribution in [3.63, 3.8) is 0 Å².